The number of aromatic carboxylic acids is 1. The molecule has 0 atom stereocenters. The summed E-state index contributed by atoms with van der Waals surface area (Å²) in [5.41, 5.74) is 5.34. The zero-order valence-corrected chi connectivity index (χ0v) is 7.14. The van der Waals surface area contributed by atoms with Crippen molar-refractivity contribution >= 4 is 17.6 Å². The van der Waals surface area contributed by atoms with Crippen LogP contribution in [-0.4, -0.2) is 17.0 Å². The van der Waals surface area contributed by atoms with Crippen molar-refractivity contribution in [3.63, 3.8) is 0 Å². The number of carboxylic acid groups (broad SMARTS) is 2. The lowest BCUT2D eigenvalue weighted by atomic mass is 10.2. The number of aliphatic carboxylic acids is 1. The molecule has 6 nitrogen and oxygen atoms in total. The Bertz CT molecular complexity index is 389. The van der Waals surface area contributed by atoms with Crippen molar-refractivity contribution in [2.24, 2.45) is 0 Å². The first-order valence-electron chi connectivity index (χ1n) is 3.72. The van der Waals surface area contributed by atoms with Crippen molar-refractivity contribution in [3.8, 4) is 0 Å². The fourth-order valence-electron chi connectivity index (χ4n) is 1.000. The van der Waals surface area contributed by atoms with Gasteiger partial charge in [0.2, 0.25) is 0 Å². The molecule has 0 saturated carbocycles. The molecule has 0 bridgehead atoms. The van der Waals surface area contributed by atoms with Crippen molar-refractivity contribution in [3.05, 3.63) is 24.0 Å². The lowest BCUT2D eigenvalue weighted by Crippen LogP contribution is -2.43. The number of nitrogens with zero attached hydrogens (tertiary/aromatic N) is 1. The normalized spacial score (nSPS) is 9.71. The molecule has 6 heteroatoms. The monoisotopic (exact) mass is 196 g/mol. The number of anilines is 1. The second kappa shape index (κ2) is 3.73. The highest BCUT2D eigenvalue weighted by molar-refractivity contribution is 5.92. The number of hydrogen-bond acceptors (Lipinski definition) is 4. The zero-order chi connectivity index (χ0) is 10.7. The number of carbonyl (C=O) groups is 2. The van der Waals surface area contributed by atoms with Crippen LogP contribution in [0.5, 0.6) is 0 Å². The van der Waals surface area contributed by atoms with E-state index in [0.717, 1.165) is 0 Å². The van der Waals surface area contributed by atoms with E-state index in [1.165, 1.54) is 23.0 Å². The van der Waals surface area contributed by atoms with E-state index in [4.69, 9.17) is 10.8 Å². The van der Waals surface area contributed by atoms with Crippen LogP contribution in [0.2, 0.25) is 0 Å². The van der Waals surface area contributed by atoms with Crippen LogP contribution >= 0.6 is 0 Å². The average Bonchev–Trinajstić information content (AvgIpc) is 2.01. The van der Waals surface area contributed by atoms with Crippen molar-refractivity contribution in [1.29, 1.82) is 0 Å². The molecule has 0 unspecified atom stereocenters. The molecule has 1 heterocycles. The van der Waals surface area contributed by atoms with Crippen LogP contribution in [0.4, 0.5) is 5.69 Å². The van der Waals surface area contributed by atoms with E-state index >= 15 is 0 Å². The van der Waals surface area contributed by atoms with Crippen LogP contribution in [0.25, 0.3) is 0 Å². The number of rotatable bonds is 3. The van der Waals surface area contributed by atoms with Gasteiger partial charge >= 0.3 is 5.97 Å². The molecule has 74 valence electrons. The Morgan fingerprint density at radius 2 is 2.21 bits per heavy atom. The molecule has 0 saturated heterocycles. The smallest absolute Gasteiger partial charge is 0.338 e. The van der Waals surface area contributed by atoms with Gasteiger partial charge in [-0.05, 0) is 0 Å². The Labute approximate surface area is 79.2 Å². The number of aromatic nitrogens is 1. The number of carboxylic acids is 2. The van der Waals surface area contributed by atoms with E-state index in [0.29, 0.717) is 0 Å². The number of nitrogens with two attached hydrogens (primary N) is 1. The summed E-state index contributed by atoms with van der Waals surface area (Å²) in [4.78, 5) is 20.7. The quantitative estimate of drug-likeness (QED) is 0.544. The number of pyridine rings is 1. The standard InChI is InChI=1S/C8H8N2O4/c9-6-3-10(4-7(11)12)2-1-5(6)8(13)14/h1-3H,4,9H2,(H-,11,12,13,14). The van der Waals surface area contributed by atoms with Gasteiger partial charge in [0.1, 0.15) is 11.7 Å². The number of hydrogen-bond donors (Lipinski definition) is 2. The first-order valence-corrected chi connectivity index (χ1v) is 3.72. The van der Waals surface area contributed by atoms with Crippen LogP contribution in [0, 0.1) is 0 Å². The molecule has 1 rings (SSSR count). The van der Waals surface area contributed by atoms with Gasteiger partial charge < -0.3 is 20.7 Å². The van der Waals surface area contributed by atoms with Gasteiger partial charge in [0.25, 0.3) is 0 Å². The van der Waals surface area contributed by atoms with Gasteiger partial charge in [-0.25, -0.2) is 4.79 Å². The van der Waals surface area contributed by atoms with Gasteiger partial charge in [0, 0.05) is 6.07 Å². The molecule has 0 amide bonds. The average molecular weight is 196 g/mol. The summed E-state index contributed by atoms with van der Waals surface area (Å²) in [5, 5.41) is 18.8. The predicted octanol–water partition coefficient (Wildman–Crippen LogP) is -2.00. The minimum absolute atomic E-state index is 0.0150. The highest BCUT2D eigenvalue weighted by atomic mass is 16.4. The van der Waals surface area contributed by atoms with Gasteiger partial charge in [-0.2, -0.15) is 4.57 Å². The maximum absolute atomic E-state index is 10.5. The lowest BCUT2D eigenvalue weighted by Gasteiger charge is -2.00. The van der Waals surface area contributed by atoms with E-state index in [1.54, 1.807) is 0 Å². The predicted molar refractivity (Wildman–Crippen MR) is 43.0 cm³/mol. The van der Waals surface area contributed by atoms with Crippen molar-refractivity contribution in [2.75, 3.05) is 5.73 Å². The molecule has 1 aromatic rings. The molecule has 14 heavy (non-hydrogen) atoms. The Morgan fingerprint density at radius 1 is 1.57 bits per heavy atom. The minimum Gasteiger partial charge on any atom is -0.544 e. The van der Waals surface area contributed by atoms with E-state index < -0.39 is 11.9 Å². The van der Waals surface area contributed by atoms with E-state index in [9.17, 15) is 14.7 Å². The first kappa shape index (κ1) is 9.97. The summed E-state index contributed by atoms with van der Waals surface area (Å²) in [6, 6.07) is 1.24. The first-order chi connectivity index (χ1) is 6.50. The topological polar surface area (TPSA) is 107 Å². The van der Waals surface area contributed by atoms with Crippen molar-refractivity contribution < 1.29 is 24.4 Å². The summed E-state index contributed by atoms with van der Waals surface area (Å²) >= 11 is 0. The molecule has 0 fully saturated rings. The Kier molecular flexibility index (Phi) is 2.66. The van der Waals surface area contributed by atoms with Crippen molar-refractivity contribution in [1.82, 2.24) is 0 Å². The Hall–Kier alpha value is -2.11. The summed E-state index contributed by atoms with van der Waals surface area (Å²) in [6.45, 7) is -0.357. The summed E-state index contributed by atoms with van der Waals surface area (Å²) in [6.07, 6.45) is 2.55. The van der Waals surface area contributed by atoms with Gasteiger partial charge in [-0.15, -0.1) is 0 Å². The van der Waals surface area contributed by atoms with Gasteiger partial charge in [-0.1, -0.05) is 0 Å². The molecule has 0 aliphatic heterocycles. The van der Waals surface area contributed by atoms with Gasteiger partial charge in [0.15, 0.2) is 18.9 Å². The second-order valence-electron chi connectivity index (χ2n) is 2.66. The molecular formula is C8H8N2O4. The maximum Gasteiger partial charge on any atom is 0.338 e. The fourth-order valence-corrected chi connectivity index (χ4v) is 1.000. The molecule has 3 N–H and O–H groups in total. The van der Waals surface area contributed by atoms with E-state index in [1.807, 2.05) is 0 Å². The molecule has 0 radical (unpaired) electrons. The Morgan fingerprint density at radius 3 is 2.64 bits per heavy atom. The highest BCUT2D eigenvalue weighted by Gasteiger charge is 2.11. The minimum atomic E-state index is -1.27. The summed E-state index contributed by atoms with van der Waals surface area (Å²) in [7, 11) is 0. The van der Waals surface area contributed by atoms with Crippen LogP contribution in [0.1, 0.15) is 10.4 Å². The van der Waals surface area contributed by atoms with Crippen LogP contribution in [-0.2, 0) is 11.3 Å². The largest absolute Gasteiger partial charge is 0.544 e. The third-order valence-corrected chi connectivity index (χ3v) is 1.59. The maximum atomic E-state index is 10.5. The second-order valence-corrected chi connectivity index (χ2v) is 2.66. The molecule has 0 aliphatic carbocycles. The van der Waals surface area contributed by atoms with Crippen molar-refractivity contribution in [2.45, 2.75) is 6.54 Å². The van der Waals surface area contributed by atoms with Gasteiger partial charge in [-0.3, -0.25) is 0 Å². The van der Waals surface area contributed by atoms with Crippen LogP contribution < -0.4 is 15.4 Å². The molecule has 0 spiro atoms. The lowest BCUT2D eigenvalue weighted by molar-refractivity contribution is -0.690. The molecular weight excluding hydrogens is 188 g/mol. The van der Waals surface area contributed by atoms with Crippen LogP contribution in [0.15, 0.2) is 18.5 Å². The van der Waals surface area contributed by atoms with E-state index in [-0.39, 0.29) is 17.8 Å². The number of carbonyl (C=O) groups excluding carboxylic acids is 1. The third-order valence-electron chi connectivity index (χ3n) is 1.59. The molecule has 0 aliphatic rings. The molecule has 1 aromatic heterocycles. The molecule has 0 aromatic carbocycles. The Balaban J connectivity index is 3.00. The number of nitrogen functional groups attached to an aromatic ring is 1. The zero-order valence-electron chi connectivity index (χ0n) is 7.14. The SMILES string of the molecule is Nc1c[n+](CC(=O)[O-])ccc1C(=O)O. The van der Waals surface area contributed by atoms with E-state index in [2.05, 4.69) is 0 Å². The highest BCUT2D eigenvalue weighted by Crippen LogP contribution is 2.06. The van der Waals surface area contributed by atoms with Crippen LogP contribution in [0.3, 0.4) is 0 Å². The third kappa shape index (κ3) is 2.19. The summed E-state index contributed by atoms with van der Waals surface area (Å²) in [5.74, 6) is -2.42. The summed E-state index contributed by atoms with van der Waals surface area (Å²) < 4.78 is 1.23. The van der Waals surface area contributed by atoms with Gasteiger partial charge in [0.05, 0.1) is 5.56 Å². The fraction of sp³-hybridized carbons (Fsp3) is 0.125.